The Bertz CT molecular complexity index is 2260. The van der Waals surface area contributed by atoms with E-state index in [4.69, 9.17) is 18.6 Å². The van der Waals surface area contributed by atoms with Crippen molar-refractivity contribution in [1.29, 1.82) is 0 Å². The molecule has 3 aromatic carbocycles. The maximum absolute atomic E-state index is 14.9. The molecule has 2 amide bonds. The number of nitrogens with zero attached hydrogens (tertiary/aromatic N) is 2. The number of aromatic hydroxyl groups is 1. The number of esters is 2. The van der Waals surface area contributed by atoms with Crippen LogP contribution in [0.5, 0.6) is 11.5 Å². The lowest BCUT2D eigenvalue weighted by Gasteiger charge is -2.19. The molecule has 1 N–H and O–H groups in total. The summed E-state index contributed by atoms with van der Waals surface area (Å²) in [6.45, 7) is 6.40. The molecular formula is C42H37FN2O9. The Morgan fingerprint density at radius 2 is 1.41 bits per heavy atom. The van der Waals surface area contributed by atoms with E-state index in [0.717, 1.165) is 10.5 Å². The van der Waals surface area contributed by atoms with E-state index < -0.39 is 42.8 Å². The van der Waals surface area contributed by atoms with Gasteiger partial charge in [-0.25, -0.2) is 14.0 Å². The summed E-state index contributed by atoms with van der Waals surface area (Å²) < 4.78 is 36.6. The number of allylic oxidation sites excluding steroid dienone is 2. The van der Waals surface area contributed by atoms with Gasteiger partial charge in [0.25, 0.3) is 11.8 Å². The average molecular weight is 733 g/mol. The molecule has 0 radical (unpaired) electrons. The van der Waals surface area contributed by atoms with E-state index in [-0.39, 0.29) is 56.7 Å². The molecule has 0 bridgehead atoms. The lowest BCUT2D eigenvalue weighted by atomic mass is 10.0. The fourth-order valence-electron chi connectivity index (χ4n) is 6.30. The number of amides is 2. The van der Waals surface area contributed by atoms with Gasteiger partial charge >= 0.3 is 11.9 Å². The first-order valence-electron chi connectivity index (χ1n) is 17.1. The Kier molecular flexibility index (Phi) is 10.6. The molecular weight excluding hydrogens is 695 g/mol. The van der Waals surface area contributed by atoms with Crippen molar-refractivity contribution < 1.29 is 47.3 Å². The second-order valence-corrected chi connectivity index (χ2v) is 12.7. The molecule has 54 heavy (non-hydrogen) atoms. The quantitative estimate of drug-likeness (QED) is 0.0948. The standard InChI is InChI=1S/C42H37FN2O9/c1-24(2)27-15-17-29(18-16-27)44-25(3)36(32(39(44)47)23-30-11-9-19-52-30)41(49)53-20-21-54-42(50)37-26(4)45(34-13-7-6-12-33(34)43)40(48)31(37)22-28-10-8-14-35(51-5)38(28)46/h6-19,22-24,46H,20-21H2,1-5H3/b31-22-,32-23-. The predicted molar refractivity (Wildman–Crippen MR) is 199 cm³/mol. The highest BCUT2D eigenvalue weighted by Crippen LogP contribution is 2.39. The van der Waals surface area contributed by atoms with E-state index in [9.17, 15) is 28.7 Å². The highest BCUT2D eigenvalue weighted by molar-refractivity contribution is 6.25. The molecule has 2 aliphatic heterocycles. The minimum atomic E-state index is -0.953. The lowest BCUT2D eigenvalue weighted by molar-refractivity contribution is -0.147. The number of halogens is 1. The first-order chi connectivity index (χ1) is 25.9. The highest BCUT2D eigenvalue weighted by atomic mass is 19.1. The molecule has 4 aromatic rings. The van der Waals surface area contributed by atoms with Gasteiger partial charge in [-0.1, -0.05) is 50.2 Å². The third-order valence-corrected chi connectivity index (χ3v) is 9.05. The number of furan rings is 1. The molecule has 2 aliphatic rings. The Morgan fingerprint density at radius 1 is 0.796 bits per heavy atom. The number of hydrogen-bond donors (Lipinski definition) is 1. The van der Waals surface area contributed by atoms with Crippen LogP contribution in [0.25, 0.3) is 12.2 Å². The number of phenolic OH excluding ortho intramolecular Hbond substituents is 1. The van der Waals surface area contributed by atoms with Crippen molar-refractivity contribution in [2.24, 2.45) is 0 Å². The second-order valence-electron chi connectivity index (χ2n) is 12.7. The van der Waals surface area contributed by atoms with Crippen molar-refractivity contribution in [2.75, 3.05) is 30.1 Å². The summed E-state index contributed by atoms with van der Waals surface area (Å²) in [6.07, 6.45) is 4.21. The number of anilines is 2. The zero-order valence-electron chi connectivity index (χ0n) is 30.2. The number of carbonyl (C=O) groups excluding carboxylic acids is 4. The van der Waals surface area contributed by atoms with E-state index in [0.29, 0.717) is 17.1 Å². The third-order valence-electron chi connectivity index (χ3n) is 9.05. The number of benzene rings is 3. The first kappa shape index (κ1) is 37.1. The van der Waals surface area contributed by atoms with Crippen LogP contribution in [0.1, 0.15) is 50.5 Å². The molecule has 0 unspecified atom stereocenters. The molecule has 0 fully saturated rings. The minimum Gasteiger partial charge on any atom is -0.504 e. The van der Waals surface area contributed by atoms with Crippen LogP contribution in [0.4, 0.5) is 15.8 Å². The van der Waals surface area contributed by atoms with Crippen LogP contribution in [0, 0.1) is 5.82 Å². The Morgan fingerprint density at radius 3 is 2.00 bits per heavy atom. The molecule has 0 saturated heterocycles. The summed E-state index contributed by atoms with van der Waals surface area (Å²) >= 11 is 0. The molecule has 1 aromatic heterocycles. The van der Waals surface area contributed by atoms with Gasteiger partial charge in [-0.05, 0) is 79.9 Å². The van der Waals surface area contributed by atoms with Crippen molar-refractivity contribution in [3.8, 4) is 11.5 Å². The Balaban J connectivity index is 1.24. The first-order valence-corrected chi connectivity index (χ1v) is 17.1. The number of phenols is 1. The average Bonchev–Trinajstić information content (AvgIpc) is 3.82. The van der Waals surface area contributed by atoms with Gasteiger partial charge in [0.05, 0.1) is 41.4 Å². The molecule has 0 spiro atoms. The Labute approximate surface area is 310 Å². The van der Waals surface area contributed by atoms with Crippen LogP contribution in [-0.4, -0.2) is 49.2 Å². The number of para-hydroxylation sites is 2. The topological polar surface area (TPSA) is 136 Å². The van der Waals surface area contributed by atoms with Crippen molar-refractivity contribution in [3.63, 3.8) is 0 Å². The van der Waals surface area contributed by atoms with Crippen LogP contribution in [0.3, 0.4) is 0 Å². The van der Waals surface area contributed by atoms with Crippen LogP contribution in [0.15, 0.2) is 123 Å². The highest BCUT2D eigenvalue weighted by Gasteiger charge is 2.40. The van der Waals surface area contributed by atoms with Crippen molar-refractivity contribution >= 4 is 47.3 Å². The molecule has 12 heteroatoms. The van der Waals surface area contributed by atoms with Crippen LogP contribution in [-0.2, 0) is 28.7 Å². The van der Waals surface area contributed by atoms with Gasteiger partial charge in [-0.3, -0.25) is 19.4 Å². The monoisotopic (exact) mass is 732 g/mol. The largest absolute Gasteiger partial charge is 0.504 e. The molecule has 6 rings (SSSR count). The third kappa shape index (κ3) is 7.05. The summed E-state index contributed by atoms with van der Waals surface area (Å²) in [5.74, 6) is -3.17. The summed E-state index contributed by atoms with van der Waals surface area (Å²) in [7, 11) is 1.37. The molecule has 11 nitrogen and oxygen atoms in total. The molecule has 0 aliphatic carbocycles. The van der Waals surface area contributed by atoms with E-state index in [1.54, 1.807) is 31.2 Å². The van der Waals surface area contributed by atoms with Crippen LogP contribution < -0.4 is 14.5 Å². The van der Waals surface area contributed by atoms with E-state index in [1.165, 1.54) is 67.7 Å². The van der Waals surface area contributed by atoms with Crippen LogP contribution >= 0.6 is 0 Å². The lowest BCUT2D eigenvalue weighted by Crippen LogP contribution is -2.25. The SMILES string of the molecule is COc1cccc(/C=C2\C(=O)N(c3ccccc3F)C(C)=C2C(=O)OCCOC(=O)C2=C(C)N(c3ccc(C(C)C)cc3)C(=O)/C2=C\c2ccco2)c1O. The number of carbonyl (C=O) groups is 4. The van der Waals surface area contributed by atoms with E-state index in [1.807, 2.05) is 24.3 Å². The van der Waals surface area contributed by atoms with Gasteiger partial charge in [-0.2, -0.15) is 0 Å². The van der Waals surface area contributed by atoms with E-state index in [2.05, 4.69) is 13.8 Å². The van der Waals surface area contributed by atoms with Crippen molar-refractivity contribution in [1.82, 2.24) is 0 Å². The normalized spacial score (nSPS) is 16.1. The van der Waals surface area contributed by atoms with Gasteiger partial charge in [0, 0.05) is 22.6 Å². The van der Waals surface area contributed by atoms with Gasteiger partial charge in [-0.15, -0.1) is 0 Å². The number of methoxy groups -OCH3 is 1. The molecule has 276 valence electrons. The van der Waals surface area contributed by atoms with Crippen LogP contribution in [0.2, 0.25) is 0 Å². The second kappa shape index (κ2) is 15.5. The minimum absolute atomic E-state index is 0.0134. The smallest absolute Gasteiger partial charge is 0.340 e. The summed E-state index contributed by atoms with van der Waals surface area (Å²) in [4.78, 5) is 57.3. The Hall–Kier alpha value is -6.69. The van der Waals surface area contributed by atoms with Crippen molar-refractivity contribution in [2.45, 2.75) is 33.6 Å². The van der Waals surface area contributed by atoms with E-state index >= 15 is 0 Å². The zero-order chi connectivity index (χ0) is 38.7. The predicted octanol–water partition coefficient (Wildman–Crippen LogP) is 7.45. The molecule has 3 heterocycles. The summed E-state index contributed by atoms with van der Waals surface area (Å²) in [6, 6.07) is 21.0. The van der Waals surface area contributed by atoms with Gasteiger partial charge in [0.15, 0.2) is 11.5 Å². The zero-order valence-corrected chi connectivity index (χ0v) is 30.2. The summed E-state index contributed by atoms with van der Waals surface area (Å²) in [5, 5.41) is 10.7. The van der Waals surface area contributed by atoms with Gasteiger partial charge in [0.2, 0.25) is 0 Å². The fraction of sp³-hybridized carbons (Fsp3) is 0.190. The molecule has 0 saturated carbocycles. The van der Waals surface area contributed by atoms with Gasteiger partial charge in [0.1, 0.15) is 24.8 Å². The van der Waals surface area contributed by atoms with Gasteiger partial charge < -0.3 is 23.7 Å². The maximum Gasteiger partial charge on any atom is 0.340 e. The number of rotatable bonds is 11. The fourth-order valence-corrected chi connectivity index (χ4v) is 6.30. The number of ether oxygens (including phenoxy) is 3. The maximum atomic E-state index is 14.9. The summed E-state index contributed by atoms with van der Waals surface area (Å²) in [5.41, 5.74) is 1.88. The molecule has 0 atom stereocenters. The number of hydrogen-bond acceptors (Lipinski definition) is 9. The van der Waals surface area contributed by atoms with Crippen molar-refractivity contribution in [3.05, 3.63) is 142 Å².